The SMILES string of the molecule is O=C(O)c1ccccc1Oc1ccc(C(F)(F)F)cc1NS(=O)(=O)c1ccc(F)cc1.OC(c1ccccc1)c1ccccc1. The molecule has 0 saturated heterocycles. The number of carboxylic acids is 1. The number of ether oxygens (including phenoxy) is 1. The van der Waals surface area contributed by atoms with Gasteiger partial charge in [-0.05, 0) is 65.7 Å². The maximum absolute atomic E-state index is 13.2. The standard InChI is InChI=1S/C20H13F4NO5S.C13H12O/c21-13-6-8-14(9-7-13)31(28,29)25-16-11-12(20(22,23)24)5-10-18(16)30-17-4-2-1-3-15(17)19(26)27;14-13(11-7-3-1-4-8-11)12-9-5-2-6-10-12/h1-11,25H,(H,26,27);1-10,13-14H. The molecule has 12 heteroatoms. The van der Waals surface area contributed by atoms with Gasteiger partial charge in [0, 0.05) is 0 Å². The zero-order chi connectivity index (χ0) is 32.6. The first kappa shape index (κ1) is 32.7. The van der Waals surface area contributed by atoms with E-state index in [1.807, 2.05) is 65.4 Å². The number of halogens is 4. The fraction of sp³-hybridized carbons (Fsp3) is 0.0606. The van der Waals surface area contributed by atoms with Crippen LogP contribution in [0.1, 0.15) is 33.2 Å². The van der Waals surface area contributed by atoms with Gasteiger partial charge >= 0.3 is 12.1 Å². The van der Waals surface area contributed by atoms with Crippen LogP contribution in [0.15, 0.2) is 132 Å². The van der Waals surface area contributed by atoms with Crippen molar-refractivity contribution in [2.75, 3.05) is 4.72 Å². The molecule has 0 radical (unpaired) electrons. The topological polar surface area (TPSA) is 113 Å². The van der Waals surface area contributed by atoms with Gasteiger partial charge in [0.25, 0.3) is 10.0 Å². The Morgan fingerprint density at radius 3 is 1.80 bits per heavy atom. The van der Waals surface area contributed by atoms with E-state index in [9.17, 15) is 41.0 Å². The van der Waals surface area contributed by atoms with E-state index >= 15 is 0 Å². The van der Waals surface area contributed by atoms with Crippen molar-refractivity contribution in [2.45, 2.75) is 17.2 Å². The zero-order valence-corrected chi connectivity index (χ0v) is 24.0. The van der Waals surface area contributed by atoms with Crippen LogP contribution in [0, 0.1) is 5.82 Å². The summed E-state index contributed by atoms with van der Waals surface area (Å²) in [6, 6.07) is 30.3. The minimum atomic E-state index is -4.78. The van der Waals surface area contributed by atoms with E-state index in [0.717, 1.165) is 41.5 Å². The van der Waals surface area contributed by atoms with Gasteiger partial charge in [-0.1, -0.05) is 72.8 Å². The lowest BCUT2D eigenvalue weighted by atomic mass is 10.0. The highest BCUT2D eigenvalue weighted by atomic mass is 32.2. The minimum absolute atomic E-state index is 0.211. The number of para-hydroxylation sites is 1. The molecule has 3 N–H and O–H groups in total. The minimum Gasteiger partial charge on any atom is -0.478 e. The molecule has 0 aromatic heterocycles. The second-order valence-electron chi connectivity index (χ2n) is 9.40. The van der Waals surface area contributed by atoms with Crippen LogP contribution >= 0.6 is 0 Å². The summed E-state index contributed by atoms with van der Waals surface area (Å²) in [5.41, 5.74) is -0.172. The van der Waals surface area contributed by atoms with Crippen LogP contribution < -0.4 is 9.46 Å². The highest BCUT2D eigenvalue weighted by molar-refractivity contribution is 7.92. The number of aliphatic hydroxyl groups excluding tert-OH is 1. The third-order valence-corrected chi connectivity index (χ3v) is 7.62. The van der Waals surface area contributed by atoms with Crippen LogP contribution in [0.2, 0.25) is 0 Å². The highest BCUT2D eigenvalue weighted by Gasteiger charge is 2.32. The summed E-state index contributed by atoms with van der Waals surface area (Å²) in [4.78, 5) is 11.0. The lowest BCUT2D eigenvalue weighted by molar-refractivity contribution is -0.137. The van der Waals surface area contributed by atoms with Crippen molar-refractivity contribution in [3.63, 3.8) is 0 Å². The number of alkyl halides is 3. The number of benzene rings is 5. The summed E-state index contributed by atoms with van der Waals surface area (Å²) in [6.45, 7) is 0. The quantitative estimate of drug-likeness (QED) is 0.149. The van der Waals surface area contributed by atoms with Crippen molar-refractivity contribution in [1.29, 1.82) is 0 Å². The Morgan fingerprint density at radius 1 is 0.733 bits per heavy atom. The van der Waals surface area contributed by atoms with Gasteiger partial charge in [-0.2, -0.15) is 13.2 Å². The van der Waals surface area contributed by atoms with Crippen LogP contribution in [0.25, 0.3) is 0 Å². The first-order chi connectivity index (χ1) is 21.3. The predicted molar refractivity (Wildman–Crippen MR) is 159 cm³/mol. The highest BCUT2D eigenvalue weighted by Crippen LogP contribution is 2.38. The molecule has 0 heterocycles. The summed E-state index contributed by atoms with van der Waals surface area (Å²) < 4.78 is 85.2. The summed E-state index contributed by atoms with van der Waals surface area (Å²) in [5, 5.41) is 19.2. The Kier molecular flexibility index (Phi) is 10.2. The van der Waals surface area contributed by atoms with Crippen molar-refractivity contribution in [2.24, 2.45) is 0 Å². The Labute approximate surface area is 256 Å². The van der Waals surface area contributed by atoms with E-state index in [2.05, 4.69) is 0 Å². The molecule has 5 rings (SSSR count). The average molecular weight is 640 g/mol. The molecule has 5 aromatic carbocycles. The molecule has 0 saturated carbocycles. The fourth-order valence-corrected chi connectivity index (χ4v) is 5.07. The van der Waals surface area contributed by atoms with Crippen LogP contribution in [0.5, 0.6) is 11.5 Å². The summed E-state index contributed by atoms with van der Waals surface area (Å²) >= 11 is 0. The van der Waals surface area contributed by atoms with Crippen LogP contribution in [-0.2, 0) is 16.2 Å². The van der Waals surface area contributed by atoms with Crippen LogP contribution in [-0.4, -0.2) is 24.6 Å². The number of anilines is 1. The molecule has 45 heavy (non-hydrogen) atoms. The van der Waals surface area contributed by atoms with Crippen molar-refractivity contribution >= 4 is 21.7 Å². The molecule has 0 atom stereocenters. The van der Waals surface area contributed by atoms with E-state index in [0.29, 0.717) is 12.1 Å². The van der Waals surface area contributed by atoms with Crippen LogP contribution in [0.4, 0.5) is 23.2 Å². The number of sulfonamides is 1. The monoisotopic (exact) mass is 639 g/mol. The molecule has 0 amide bonds. The van der Waals surface area contributed by atoms with E-state index in [1.165, 1.54) is 24.3 Å². The number of aromatic carboxylic acids is 1. The Bertz CT molecular complexity index is 1810. The number of nitrogens with one attached hydrogen (secondary N) is 1. The largest absolute Gasteiger partial charge is 0.478 e. The maximum Gasteiger partial charge on any atom is 0.416 e. The predicted octanol–water partition coefficient (Wildman–Crippen LogP) is 7.90. The zero-order valence-electron chi connectivity index (χ0n) is 23.1. The second-order valence-corrected chi connectivity index (χ2v) is 11.1. The maximum atomic E-state index is 13.2. The molecule has 0 aliphatic rings. The molecule has 7 nitrogen and oxygen atoms in total. The molecular formula is C33H25F4NO6S. The normalized spacial score (nSPS) is 11.3. The molecule has 0 spiro atoms. The van der Waals surface area contributed by atoms with Crippen molar-refractivity contribution in [1.82, 2.24) is 0 Å². The van der Waals surface area contributed by atoms with E-state index in [4.69, 9.17) is 4.74 Å². The molecule has 0 unspecified atom stereocenters. The molecule has 0 fully saturated rings. The average Bonchev–Trinajstić information content (AvgIpc) is 3.02. The van der Waals surface area contributed by atoms with Crippen molar-refractivity contribution in [3.05, 3.63) is 155 Å². The number of carboxylic acid groups (broad SMARTS) is 1. The number of rotatable bonds is 8. The lowest BCUT2D eigenvalue weighted by Gasteiger charge is -2.17. The molecule has 0 aliphatic heterocycles. The molecular weight excluding hydrogens is 614 g/mol. The van der Waals surface area contributed by atoms with Gasteiger partial charge in [-0.3, -0.25) is 4.72 Å². The summed E-state index contributed by atoms with van der Waals surface area (Å²) in [5.74, 6) is -2.63. The van der Waals surface area contributed by atoms with Gasteiger partial charge < -0.3 is 14.9 Å². The lowest BCUT2D eigenvalue weighted by Crippen LogP contribution is -2.15. The molecule has 232 valence electrons. The number of hydrogen-bond donors (Lipinski definition) is 3. The van der Waals surface area contributed by atoms with Gasteiger partial charge in [-0.15, -0.1) is 0 Å². The number of hydrogen-bond acceptors (Lipinski definition) is 5. The second kappa shape index (κ2) is 14.1. The first-order valence-electron chi connectivity index (χ1n) is 13.1. The van der Waals surface area contributed by atoms with Gasteiger partial charge in [0.05, 0.1) is 16.1 Å². The van der Waals surface area contributed by atoms with Gasteiger partial charge in [-0.25, -0.2) is 17.6 Å². The van der Waals surface area contributed by atoms with E-state index in [-0.39, 0.29) is 17.1 Å². The fourth-order valence-electron chi connectivity index (χ4n) is 4.01. The van der Waals surface area contributed by atoms with Gasteiger partial charge in [0.2, 0.25) is 0 Å². The Morgan fingerprint density at radius 2 is 1.27 bits per heavy atom. The summed E-state index contributed by atoms with van der Waals surface area (Å²) in [6.07, 6.45) is -5.30. The Balaban J connectivity index is 0.000000273. The van der Waals surface area contributed by atoms with Gasteiger partial charge in [0.15, 0.2) is 5.75 Å². The smallest absolute Gasteiger partial charge is 0.416 e. The number of carbonyl (C=O) groups is 1. The molecule has 0 aliphatic carbocycles. The van der Waals surface area contributed by atoms with Crippen LogP contribution in [0.3, 0.4) is 0 Å². The summed E-state index contributed by atoms with van der Waals surface area (Å²) in [7, 11) is -4.41. The van der Waals surface area contributed by atoms with Crippen molar-refractivity contribution < 1.29 is 45.7 Å². The Hall–Kier alpha value is -5.20. The third kappa shape index (κ3) is 8.68. The van der Waals surface area contributed by atoms with Gasteiger partial charge in [0.1, 0.15) is 23.2 Å². The van der Waals surface area contributed by atoms with E-state index < -0.39 is 50.2 Å². The molecule has 5 aromatic rings. The first-order valence-corrected chi connectivity index (χ1v) is 14.6. The third-order valence-electron chi connectivity index (χ3n) is 6.24. The van der Waals surface area contributed by atoms with E-state index in [1.54, 1.807) is 0 Å². The number of aliphatic hydroxyl groups is 1. The molecule has 0 bridgehead atoms. The van der Waals surface area contributed by atoms with Crippen molar-refractivity contribution in [3.8, 4) is 11.5 Å².